The lowest BCUT2D eigenvalue weighted by molar-refractivity contribution is 0.0856. The number of nitrogens with zero attached hydrogens (tertiary/aromatic N) is 2. The molecule has 2 fully saturated rings. The Hall–Kier alpha value is -0.720. The highest BCUT2D eigenvalue weighted by Gasteiger charge is 2.24. The zero-order valence-corrected chi connectivity index (χ0v) is 15.4. The second-order valence-corrected chi connectivity index (χ2v) is 6.27. The molecule has 1 saturated carbocycles. The lowest BCUT2D eigenvalue weighted by atomic mass is 9.94. The van der Waals surface area contributed by atoms with Crippen molar-refractivity contribution in [1.29, 1.82) is 0 Å². The Balaban J connectivity index is 0.00000132. The van der Waals surface area contributed by atoms with Crippen LogP contribution in [0.25, 0.3) is 0 Å². The largest absolute Gasteiger partial charge is 0.298 e. The maximum atomic E-state index is 3.32. The Morgan fingerprint density at radius 2 is 1.52 bits per heavy atom. The topological polar surface area (TPSA) is 6.48 Å². The van der Waals surface area contributed by atoms with Crippen molar-refractivity contribution >= 4 is 24.8 Å². The summed E-state index contributed by atoms with van der Waals surface area (Å²) in [5.41, 5.74) is 1.12. The lowest BCUT2D eigenvalue weighted by Crippen LogP contribution is -2.50. The number of halogens is 2. The van der Waals surface area contributed by atoms with Crippen LogP contribution in [0.2, 0.25) is 0 Å². The number of benzene rings is 1. The summed E-state index contributed by atoms with van der Waals surface area (Å²) in [4.78, 5) is 5.22. The zero-order valence-electron chi connectivity index (χ0n) is 13.7. The molecule has 0 N–H and O–H groups in total. The van der Waals surface area contributed by atoms with Gasteiger partial charge in [0.05, 0.1) is 6.54 Å². The molecule has 0 aromatic heterocycles. The average Bonchev–Trinajstić information content (AvgIpc) is 2.57. The Bertz CT molecular complexity index is 481. The van der Waals surface area contributed by atoms with E-state index in [0.717, 1.165) is 18.2 Å². The van der Waals surface area contributed by atoms with Gasteiger partial charge in [-0.05, 0) is 25.0 Å². The molecule has 3 rings (SSSR count). The van der Waals surface area contributed by atoms with Crippen molar-refractivity contribution in [2.45, 2.75) is 38.1 Å². The number of rotatable bonds is 2. The molecule has 0 bridgehead atoms. The molecule has 0 spiro atoms. The standard InChI is InChI=1S/C19H26N2.2ClH/c1-3-8-18(9-4-1)10-7-13-20-14-16-21(17-15-20)19-11-5-2-6-12-19;;/h1,3-4,8-9,19H,2,5-6,11-17H2;2*1H. The molecule has 1 aromatic rings. The fourth-order valence-electron chi connectivity index (χ4n) is 3.51. The minimum atomic E-state index is 0. The predicted molar refractivity (Wildman–Crippen MR) is 103 cm³/mol. The van der Waals surface area contributed by atoms with E-state index >= 15 is 0 Å². The van der Waals surface area contributed by atoms with Gasteiger partial charge in [0.1, 0.15) is 0 Å². The summed E-state index contributed by atoms with van der Waals surface area (Å²) in [6, 6.07) is 11.2. The van der Waals surface area contributed by atoms with Crippen molar-refractivity contribution in [3.63, 3.8) is 0 Å². The monoisotopic (exact) mass is 354 g/mol. The maximum absolute atomic E-state index is 3.32. The van der Waals surface area contributed by atoms with E-state index in [4.69, 9.17) is 0 Å². The van der Waals surface area contributed by atoms with Gasteiger partial charge in [-0.3, -0.25) is 9.80 Å². The Labute approximate surface area is 153 Å². The van der Waals surface area contributed by atoms with Gasteiger partial charge in [0.25, 0.3) is 0 Å². The molecule has 1 aliphatic carbocycles. The first-order valence-corrected chi connectivity index (χ1v) is 8.42. The highest BCUT2D eigenvalue weighted by atomic mass is 35.5. The smallest absolute Gasteiger partial charge is 0.0606 e. The first kappa shape index (κ1) is 20.3. The van der Waals surface area contributed by atoms with Gasteiger partial charge in [-0.25, -0.2) is 0 Å². The van der Waals surface area contributed by atoms with Gasteiger partial charge in [0, 0.05) is 37.8 Å². The molecule has 4 heteroatoms. The van der Waals surface area contributed by atoms with Crippen LogP contribution in [0, 0.1) is 11.8 Å². The number of hydrogen-bond acceptors (Lipinski definition) is 2. The Morgan fingerprint density at radius 1 is 0.870 bits per heavy atom. The fraction of sp³-hybridized carbons (Fsp3) is 0.579. The molecule has 0 amide bonds. The van der Waals surface area contributed by atoms with E-state index < -0.39 is 0 Å². The molecule has 2 aliphatic rings. The fourth-order valence-corrected chi connectivity index (χ4v) is 3.51. The van der Waals surface area contributed by atoms with Gasteiger partial charge in [0.2, 0.25) is 0 Å². The van der Waals surface area contributed by atoms with E-state index in [1.165, 1.54) is 58.3 Å². The van der Waals surface area contributed by atoms with Gasteiger partial charge < -0.3 is 0 Å². The molecule has 0 unspecified atom stereocenters. The van der Waals surface area contributed by atoms with E-state index in [2.05, 4.69) is 33.8 Å². The van der Waals surface area contributed by atoms with Crippen LogP contribution in [0.1, 0.15) is 37.7 Å². The predicted octanol–water partition coefficient (Wildman–Crippen LogP) is 3.83. The van der Waals surface area contributed by atoms with Gasteiger partial charge in [0.15, 0.2) is 0 Å². The average molecular weight is 355 g/mol. The summed E-state index contributed by atoms with van der Waals surface area (Å²) >= 11 is 0. The maximum Gasteiger partial charge on any atom is 0.0606 e. The van der Waals surface area contributed by atoms with E-state index in [0.29, 0.717) is 0 Å². The quantitative estimate of drug-likeness (QED) is 0.744. The van der Waals surface area contributed by atoms with Crippen molar-refractivity contribution in [3.8, 4) is 11.8 Å². The summed E-state index contributed by atoms with van der Waals surface area (Å²) in [6.07, 6.45) is 7.17. The molecule has 2 nitrogen and oxygen atoms in total. The summed E-state index contributed by atoms with van der Waals surface area (Å²) in [7, 11) is 0. The number of piperazine rings is 1. The van der Waals surface area contributed by atoms with E-state index in [1.54, 1.807) is 0 Å². The summed E-state index contributed by atoms with van der Waals surface area (Å²) in [6.45, 7) is 5.74. The molecule has 128 valence electrons. The van der Waals surface area contributed by atoms with Crippen LogP contribution in [0.3, 0.4) is 0 Å². The summed E-state index contributed by atoms with van der Waals surface area (Å²) < 4.78 is 0. The van der Waals surface area contributed by atoms with E-state index in [9.17, 15) is 0 Å². The minimum Gasteiger partial charge on any atom is -0.298 e. The van der Waals surface area contributed by atoms with Crippen molar-refractivity contribution in [3.05, 3.63) is 35.9 Å². The van der Waals surface area contributed by atoms with Crippen LogP contribution >= 0.6 is 24.8 Å². The molecule has 0 atom stereocenters. The summed E-state index contributed by atoms with van der Waals surface area (Å²) in [5.74, 6) is 6.58. The van der Waals surface area contributed by atoms with Crippen LogP contribution in [0.4, 0.5) is 0 Å². The molecule has 1 saturated heterocycles. The third kappa shape index (κ3) is 6.36. The third-order valence-electron chi connectivity index (χ3n) is 4.81. The normalized spacial score (nSPS) is 19.8. The van der Waals surface area contributed by atoms with Crippen LogP contribution in [0.15, 0.2) is 30.3 Å². The Morgan fingerprint density at radius 3 is 2.17 bits per heavy atom. The molecular formula is C19H28Cl2N2. The van der Waals surface area contributed by atoms with Crippen LogP contribution in [-0.4, -0.2) is 48.6 Å². The van der Waals surface area contributed by atoms with Gasteiger partial charge in [-0.15, -0.1) is 24.8 Å². The van der Waals surface area contributed by atoms with Crippen molar-refractivity contribution in [1.82, 2.24) is 9.80 Å². The molecular weight excluding hydrogens is 327 g/mol. The highest BCUT2D eigenvalue weighted by molar-refractivity contribution is 5.85. The number of hydrogen-bond donors (Lipinski definition) is 0. The molecule has 1 heterocycles. The van der Waals surface area contributed by atoms with Crippen LogP contribution in [0.5, 0.6) is 0 Å². The van der Waals surface area contributed by atoms with Gasteiger partial charge >= 0.3 is 0 Å². The van der Waals surface area contributed by atoms with Gasteiger partial charge in [-0.1, -0.05) is 49.3 Å². The van der Waals surface area contributed by atoms with Crippen LogP contribution < -0.4 is 0 Å². The first-order chi connectivity index (χ1) is 10.4. The molecule has 23 heavy (non-hydrogen) atoms. The minimum absolute atomic E-state index is 0. The first-order valence-electron chi connectivity index (χ1n) is 8.42. The second kappa shape index (κ2) is 10.9. The van der Waals surface area contributed by atoms with Crippen molar-refractivity contribution in [2.24, 2.45) is 0 Å². The lowest BCUT2D eigenvalue weighted by Gasteiger charge is -2.40. The van der Waals surface area contributed by atoms with E-state index in [1.807, 2.05) is 18.2 Å². The van der Waals surface area contributed by atoms with Crippen molar-refractivity contribution in [2.75, 3.05) is 32.7 Å². The van der Waals surface area contributed by atoms with Crippen LogP contribution in [-0.2, 0) is 0 Å². The summed E-state index contributed by atoms with van der Waals surface area (Å²) in [5, 5.41) is 0. The molecule has 0 radical (unpaired) electrons. The van der Waals surface area contributed by atoms with Crippen molar-refractivity contribution < 1.29 is 0 Å². The Kier molecular flexibility index (Phi) is 9.67. The van der Waals surface area contributed by atoms with Gasteiger partial charge in [-0.2, -0.15) is 0 Å². The molecule has 1 aliphatic heterocycles. The van der Waals surface area contributed by atoms with E-state index in [-0.39, 0.29) is 24.8 Å². The zero-order chi connectivity index (χ0) is 14.3. The SMILES string of the molecule is C(#Cc1ccccc1)CN1CCN(C2CCCCC2)CC1.Cl.Cl. The highest BCUT2D eigenvalue weighted by Crippen LogP contribution is 2.23. The third-order valence-corrected chi connectivity index (χ3v) is 4.81. The molecule has 1 aromatic carbocycles. The second-order valence-electron chi connectivity index (χ2n) is 6.27.